The van der Waals surface area contributed by atoms with E-state index in [0.29, 0.717) is 0 Å². The molecule has 0 spiro atoms. The van der Waals surface area contributed by atoms with E-state index in [-0.39, 0.29) is 0 Å². The van der Waals surface area contributed by atoms with E-state index in [1.807, 2.05) is 0 Å². The van der Waals surface area contributed by atoms with Crippen molar-refractivity contribution >= 4 is 23.5 Å². The van der Waals surface area contributed by atoms with E-state index < -0.39 is 0 Å². The van der Waals surface area contributed by atoms with E-state index >= 15 is 0 Å². The predicted molar refractivity (Wildman–Crippen MR) is 70.5 cm³/mol. The molecule has 1 nitrogen and oxygen atoms in total. The largest absolute Gasteiger partial charge is 0.316 e. The van der Waals surface area contributed by atoms with Gasteiger partial charge in [0.05, 0.1) is 0 Å². The Labute approximate surface area is 97.2 Å². The standard InChI is InChI=1S/C11H23NS2/c1-4-9(2)7-10(12-3)11-8-13-5-6-14-11/h9-12H,4-8H2,1-3H3. The highest BCUT2D eigenvalue weighted by Crippen LogP contribution is 2.29. The molecule has 0 saturated carbocycles. The van der Waals surface area contributed by atoms with Gasteiger partial charge < -0.3 is 5.32 Å². The van der Waals surface area contributed by atoms with Crippen molar-refractivity contribution in [3.8, 4) is 0 Å². The first-order valence-electron chi connectivity index (χ1n) is 5.64. The zero-order valence-corrected chi connectivity index (χ0v) is 11.2. The molecule has 1 aliphatic heterocycles. The number of hydrogen-bond donors (Lipinski definition) is 1. The maximum atomic E-state index is 3.50. The Hall–Kier alpha value is 0.660. The van der Waals surface area contributed by atoms with E-state index in [2.05, 4.69) is 49.7 Å². The van der Waals surface area contributed by atoms with Crippen molar-refractivity contribution in [2.75, 3.05) is 24.3 Å². The summed E-state index contributed by atoms with van der Waals surface area (Å²) >= 11 is 4.29. The van der Waals surface area contributed by atoms with Crippen LogP contribution in [-0.2, 0) is 0 Å². The molecule has 0 radical (unpaired) electrons. The van der Waals surface area contributed by atoms with Crippen LogP contribution in [0.3, 0.4) is 0 Å². The summed E-state index contributed by atoms with van der Waals surface area (Å²) in [5.41, 5.74) is 0. The SMILES string of the molecule is CCC(C)CC(NC)C1CSCCS1. The zero-order chi connectivity index (χ0) is 10.4. The monoisotopic (exact) mass is 233 g/mol. The van der Waals surface area contributed by atoms with Crippen LogP contribution in [-0.4, -0.2) is 35.6 Å². The fourth-order valence-electron chi connectivity index (χ4n) is 1.79. The first kappa shape index (κ1) is 12.7. The molecule has 84 valence electrons. The molecule has 0 aromatic rings. The molecule has 1 rings (SSSR count). The Morgan fingerprint density at radius 2 is 2.21 bits per heavy atom. The van der Waals surface area contributed by atoms with Gasteiger partial charge in [-0.1, -0.05) is 20.3 Å². The molecule has 0 bridgehead atoms. The van der Waals surface area contributed by atoms with E-state index in [4.69, 9.17) is 0 Å². The lowest BCUT2D eigenvalue weighted by Crippen LogP contribution is -2.40. The van der Waals surface area contributed by atoms with Crippen LogP contribution in [0.1, 0.15) is 26.7 Å². The highest BCUT2D eigenvalue weighted by Gasteiger charge is 2.24. The maximum absolute atomic E-state index is 3.50. The summed E-state index contributed by atoms with van der Waals surface area (Å²) in [6.45, 7) is 4.66. The lowest BCUT2D eigenvalue weighted by Gasteiger charge is -2.30. The highest BCUT2D eigenvalue weighted by atomic mass is 32.2. The van der Waals surface area contributed by atoms with Gasteiger partial charge in [-0.3, -0.25) is 0 Å². The normalized spacial score (nSPS) is 27.2. The van der Waals surface area contributed by atoms with Gasteiger partial charge in [0.25, 0.3) is 0 Å². The third-order valence-electron chi connectivity index (χ3n) is 3.01. The van der Waals surface area contributed by atoms with Crippen molar-refractivity contribution in [1.29, 1.82) is 0 Å². The van der Waals surface area contributed by atoms with Crippen LogP contribution in [0.15, 0.2) is 0 Å². The summed E-state index contributed by atoms with van der Waals surface area (Å²) in [5, 5.41) is 4.34. The minimum atomic E-state index is 0.725. The molecule has 1 heterocycles. The van der Waals surface area contributed by atoms with E-state index in [0.717, 1.165) is 17.2 Å². The molecule has 0 amide bonds. The van der Waals surface area contributed by atoms with Crippen molar-refractivity contribution in [2.45, 2.75) is 38.0 Å². The van der Waals surface area contributed by atoms with E-state index in [9.17, 15) is 0 Å². The average Bonchev–Trinajstić information content (AvgIpc) is 2.26. The Balaban J connectivity index is 2.35. The first-order chi connectivity index (χ1) is 6.77. The Morgan fingerprint density at radius 1 is 1.43 bits per heavy atom. The van der Waals surface area contributed by atoms with Crippen LogP contribution in [0.25, 0.3) is 0 Å². The molecule has 3 heteroatoms. The Kier molecular flexibility index (Phi) is 6.38. The van der Waals surface area contributed by atoms with Crippen molar-refractivity contribution in [3.63, 3.8) is 0 Å². The fourth-order valence-corrected chi connectivity index (χ4v) is 4.74. The van der Waals surface area contributed by atoms with Gasteiger partial charge in [-0.2, -0.15) is 23.5 Å². The maximum Gasteiger partial charge on any atom is 0.0291 e. The first-order valence-corrected chi connectivity index (χ1v) is 7.84. The summed E-state index contributed by atoms with van der Waals surface area (Å²) in [5.74, 6) is 4.89. The zero-order valence-electron chi connectivity index (χ0n) is 9.58. The quantitative estimate of drug-likeness (QED) is 0.784. The Morgan fingerprint density at radius 3 is 2.71 bits per heavy atom. The smallest absolute Gasteiger partial charge is 0.0291 e. The Bertz CT molecular complexity index is 146. The second-order valence-corrected chi connectivity index (χ2v) is 6.63. The van der Waals surface area contributed by atoms with Crippen molar-refractivity contribution < 1.29 is 0 Å². The van der Waals surface area contributed by atoms with Gasteiger partial charge in [0.2, 0.25) is 0 Å². The summed E-state index contributed by atoms with van der Waals surface area (Å²) in [7, 11) is 2.12. The molecule has 14 heavy (non-hydrogen) atoms. The molecule has 1 fully saturated rings. The lowest BCUT2D eigenvalue weighted by atomic mass is 9.98. The topological polar surface area (TPSA) is 12.0 Å². The second kappa shape index (κ2) is 7.02. The van der Waals surface area contributed by atoms with Gasteiger partial charge in [-0.25, -0.2) is 0 Å². The number of hydrogen-bond acceptors (Lipinski definition) is 3. The molecule has 3 unspecified atom stereocenters. The van der Waals surface area contributed by atoms with Crippen molar-refractivity contribution in [2.24, 2.45) is 5.92 Å². The van der Waals surface area contributed by atoms with Crippen LogP contribution >= 0.6 is 23.5 Å². The predicted octanol–water partition coefficient (Wildman–Crippen LogP) is 2.86. The fraction of sp³-hybridized carbons (Fsp3) is 1.00. The van der Waals surface area contributed by atoms with E-state index in [1.54, 1.807) is 0 Å². The minimum absolute atomic E-state index is 0.725. The second-order valence-electron chi connectivity index (χ2n) is 4.13. The lowest BCUT2D eigenvalue weighted by molar-refractivity contribution is 0.411. The molecular formula is C11H23NS2. The van der Waals surface area contributed by atoms with Gasteiger partial charge in [-0.05, 0) is 19.4 Å². The van der Waals surface area contributed by atoms with Crippen LogP contribution in [0, 0.1) is 5.92 Å². The van der Waals surface area contributed by atoms with Crippen LogP contribution in [0.2, 0.25) is 0 Å². The number of thioether (sulfide) groups is 2. The van der Waals surface area contributed by atoms with Gasteiger partial charge in [0, 0.05) is 28.6 Å². The van der Waals surface area contributed by atoms with E-state index in [1.165, 1.54) is 30.1 Å². The molecule has 1 N–H and O–H groups in total. The minimum Gasteiger partial charge on any atom is -0.316 e. The molecule has 0 aliphatic carbocycles. The van der Waals surface area contributed by atoms with Gasteiger partial charge >= 0.3 is 0 Å². The van der Waals surface area contributed by atoms with Crippen LogP contribution in [0.4, 0.5) is 0 Å². The highest BCUT2D eigenvalue weighted by molar-refractivity contribution is 8.06. The van der Waals surface area contributed by atoms with Gasteiger partial charge in [-0.15, -0.1) is 0 Å². The third-order valence-corrected chi connectivity index (χ3v) is 5.93. The average molecular weight is 233 g/mol. The van der Waals surface area contributed by atoms with Gasteiger partial charge in [0.15, 0.2) is 0 Å². The summed E-state index contributed by atoms with van der Waals surface area (Å²) in [6, 6.07) is 0.725. The molecular weight excluding hydrogens is 210 g/mol. The summed E-state index contributed by atoms with van der Waals surface area (Å²) < 4.78 is 0. The van der Waals surface area contributed by atoms with Crippen molar-refractivity contribution in [3.05, 3.63) is 0 Å². The summed E-state index contributed by atoms with van der Waals surface area (Å²) in [4.78, 5) is 0. The third kappa shape index (κ3) is 4.03. The molecule has 0 aromatic heterocycles. The number of nitrogens with one attached hydrogen (secondary N) is 1. The number of rotatable bonds is 5. The van der Waals surface area contributed by atoms with Crippen molar-refractivity contribution in [1.82, 2.24) is 5.32 Å². The molecule has 0 aromatic carbocycles. The molecule has 3 atom stereocenters. The summed E-state index contributed by atoms with van der Waals surface area (Å²) in [6.07, 6.45) is 2.65. The molecule has 1 saturated heterocycles. The van der Waals surface area contributed by atoms with Crippen LogP contribution < -0.4 is 5.32 Å². The van der Waals surface area contributed by atoms with Gasteiger partial charge in [0.1, 0.15) is 0 Å². The molecule has 1 aliphatic rings. The van der Waals surface area contributed by atoms with Crippen LogP contribution in [0.5, 0.6) is 0 Å².